The maximum atomic E-state index is 14.3. The summed E-state index contributed by atoms with van der Waals surface area (Å²) < 4.78 is 44.2. The van der Waals surface area contributed by atoms with E-state index < -0.39 is 23.7 Å². The predicted octanol–water partition coefficient (Wildman–Crippen LogP) is 3.02. The molecule has 0 bridgehead atoms. The molecule has 1 atom stereocenters. The molecule has 8 nitrogen and oxygen atoms in total. The highest BCUT2D eigenvalue weighted by molar-refractivity contribution is 6.19. The Hall–Kier alpha value is -3.89. The largest absolute Gasteiger partial charge is 0.478 e. The first-order chi connectivity index (χ1) is 16.6. The zero-order chi connectivity index (χ0) is 24.9. The molecule has 0 saturated carbocycles. The molecule has 5 rings (SSSR count). The maximum absolute atomic E-state index is 14.3. The van der Waals surface area contributed by atoms with Gasteiger partial charge in [0.15, 0.2) is 6.04 Å². The molecular formula is C24H22F3N5O3. The smallest absolute Gasteiger partial charge is 0.412 e. The minimum Gasteiger partial charge on any atom is -0.478 e. The van der Waals surface area contributed by atoms with E-state index in [0.717, 1.165) is 18.4 Å². The molecule has 0 saturated heterocycles. The van der Waals surface area contributed by atoms with E-state index in [-0.39, 0.29) is 40.4 Å². The lowest BCUT2D eigenvalue weighted by Crippen LogP contribution is -2.40. The molecule has 3 heterocycles. The Morgan fingerprint density at radius 1 is 1.26 bits per heavy atom. The summed E-state index contributed by atoms with van der Waals surface area (Å²) >= 11 is 0. The highest BCUT2D eigenvalue weighted by atomic mass is 19.4. The highest BCUT2D eigenvalue weighted by Crippen LogP contribution is 2.37. The average molecular weight is 485 g/mol. The number of nitrogens with zero attached hydrogens (tertiary/aromatic N) is 4. The van der Waals surface area contributed by atoms with Crippen molar-refractivity contribution in [3.8, 4) is 0 Å². The van der Waals surface area contributed by atoms with Gasteiger partial charge in [0.1, 0.15) is 5.84 Å². The van der Waals surface area contributed by atoms with Crippen molar-refractivity contribution in [2.45, 2.75) is 25.1 Å². The number of hydrogen-bond acceptors (Lipinski definition) is 6. The summed E-state index contributed by atoms with van der Waals surface area (Å²) in [4.78, 5) is 35.0. The number of allylic oxidation sites excluding steroid dienone is 1. The van der Waals surface area contributed by atoms with Crippen molar-refractivity contribution in [2.24, 2.45) is 12.0 Å². The van der Waals surface area contributed by atoms with E-state index in [1.165, 1.54) is 34.4 Å². The van der Waals surface area contributed by atoms with E-state index in [0.29, 0.717) is 13.1 Å². The van der Waals surface area contributed by atoms with Gasteiger partial charge >= 0.3 is 12.1 Å². The quantitative estimate of drug-likeness (QED) is 0.691. The summed E-state index contributed by atoms with van der Waals surface area (Å²) in [6.07, 6.45) is 2.38. The maximum Gasteiger partial charge on any atom is 0.412 e. The van der Waals surface area contributed by atoms with E-state index in [4.69, 9.17) is 0 Å². The molecular weight excluding hydrogens is 463 g/mol. The lowest BCUT2D eigenvalue weighted by atomic mass is 10.0. The van der Waals surface area contributed by atoms with Gasteiger partial charge in [0.25, 0.3) is 5.56 Å². The number of alkyl halides is 3. The molecule has 0 fully saturated rings. The molecule has 3 aliphatic rings. The Kier molecular flexibility index (Phi) is 5.49. The van der Waals surface area contributed by atoms with Gasteiger partial charge in [0.2, 0.25) is 5.95 Å². The van der Waals surface area contributed by atoms with E-state index in [9.17, 15) is 27.9 Å². The van der Waals surface area contributed by atoms with Crippen LogP contribution in [0.2, 0.25) is 0 Å². The Balaban J connectivity index is 1.60. The zero-order valence-electron chi connectivity index (χ0n) is 18.8. The van der Waals surface area contributed by atoms with Crippen LogP contribution >= 0.6 is 0 Å². The van der Waals surface area contributed by atoms with Crippen LogP contribution in [0.4, 0.5) is 19.1 Å². The normalized spacial score (nSPS) is 18.6. The monoisotopic (exact) mass is 485 g/mol. The molecule has 0 radical (unpaired) electrons. The van der Waals surface area contributed by atoms with Gasteiger partial charge in [-0.2, -0.15) is 13.2 Å². The molecule has 1 aliphatic carbocycles. The van der Waals surface area contributed by atoms with E-state index in [1.807, 2.05) is 11.0 Å². The van der Waals surface area contributed by atoms with Crippen molar-refractivity contribution in [1.82, 2.24) is 14.9 Å². The SMILES string of the molecule is Cn1c(N2CC3=C(CCC=C3)C2)nc2c(C(NC3=NCC=C3C(=O)O)C(F)(F)F)cccc2c1=O. The number of fused-ring (bicyclic) bond motifs is 1. The van der Waals surface area contributed by atoms with Gasteiger partial charge in [0, 0.05) is 25.7 Å². The molecule has 2 aliphatic heterocycles. The third kappa shape index (κ3) is 4.00. The summed E-state index contributed by atoms with van der Waals surface area (Å²) in [5.74, 6) is -1.45. The highest BCUT2D eigenvalue weighted by Gasteiger charge is 2.44. The minimum atomic E-state index is -4.81. The number of aliphatic imine (C=N–C) groups is 1. The van der Waals surface area contributed by atoms with Crippen molar-refractivity contribution < 1.29 is 23.1 Å². The number of anilines is 1. The van der Waals surface area contributed by atoms with Crippen LogP contribution in [0.5, 0.6) is 0 Å². The first-order valence-corrected chi connectivity index (χ1v) is 11.1. The van der Waals surface area contributed by atoms with Gasteiger partial charge in [-0.15, -0.1) is 0 Å². The fourth-order valence-corrected chi connectivity index (χ4v) is 4.76. The average Bonchev–Trinajstić information content (AvgIpc) is 3.45. The Labute approximate surface area is 197 Å². The van der Waals surface area contributed by atoms with Crippen LogP contribution in [0.3, 0.4) is 0 Å². The van der Waals surface area contributed by atoms with Gasteiger partial charge in [-0.3, -0.25) is 14.4 Å². The van der Waals surface area contributed by atoms with Crippen molar-refractivity contribution in [3.05, 3.63) is 69.1 Å². The molecule has 0 amide bonds. The molecule has 2 aromatic rings. The molecule has 35 heavy (non-hydrogen) atoms. The molecule has 0 spiro atoms. The number of carbonyl (C=O) groups is 1. The van der Waals surface area contributed by atoms with E-state index in [2.05, 4.69) is 21.4 Å². The number of aromatic nitrogens is 2. The lowest BCUT2D eigenvalue weighted by Gasteiger charge is -2.25. The second-order valence-corrected chi connectivity index (χ2v) is 8.68. The Morgan fingerprint density at radius 2 is 2.06 bits per heavy atom. The molecule has 1 unspecified atom stereocenters. The van der Waals surface area contributed by atoms with Gasteiger partial charge in [-0.25, -0.2) is 9.78 Å². The lowest BCUT2D eigenvalue weighted by molar-refractivity contribution is -0.153. The second kappa shape index (κ2) is 8.40. The van der Waals surface area contributed by atoms with Crippen LogP contribution in [0.25, 0.3) is 10.9 Å². The number of carboxylic acid groups (broad SMARTS) is 1. The third-order valence-corrected chi connectivity index (χ3v) is 6.48. The fourth-order valence-electron chi connectivity index (χ4n) is 4.76. The van der Waals surface area contributed by atoms with Gasteiger partial charge in [-0.05, 0) is 36.1 Å². The fraction of sp³-hybridized carbons (Fsp3) is 0.333. The van der Waals surface area contributed by atoms with Crippen molar-refractivity contribution in [1.29, 1.82) is 0 Å². The van der Waals surface area contributed by atoms with E-state index in [1.54, 1.807) is 7.05 Å². The molecule has 1 aromatic heterocycles. The number of nitrogens with one attached hydrogen (secondary N) is 1. The van der Waals surface area contributed by atoms with Crippen LogP contribution in [-0.2, 0) is 11.8 Å². The summed E-state index contributed by atoms with van der Waals surface area (Å²) in [7, 11) is 1.56. The van der Waals surface area contributed by atoms with Crippen LogP contribution in [0.15, 0.2) is 62.9 Å². The van der Waals surface area contributed by atoms with Crippen molar-refractivity contribution in [3.63, 3.8) is 0 Å². The molecule has 1 aromatic carbocycles. The van der Waals surface area contributed by atoms with Gasteiger partial charge in [0.05, 0.1) is 23.0 Å². The number of halogens is 3. The Morgan fingerprint density at radius 3 is 2.77 bits per heavy atom. The number of amidine groups is 1. The van der Waals surface area contributed by atoms with E-state index >= 15 is 0 Å². The summed E-state index contributed by atoms with van der Waals surface area (Å²) in [6.45, 7) is 1.04. The van der Waals surface area contributed by atoms with Crippen LogP contribution < -0.4 is 15.8 Å². The number of carboxylic acids is 1. The van der Waals surface area contributed by atoms with Crippen LogP contribution in [0.1, 0.15) is 24.4 Å². The molecule has 11 heteroatoms. The summed E-state index contributed by atoms with van der Waals surface area (Å²) in [6, 6.07) is 1.74. The summed E-state index contributed by atoms with van der Waals surface area (Å²) in [5.41, 5.74) is 1.23. The number of rotatable bonds is 4. The minimum absolute atomic E-state index is 0.0336. The predicted molar refractivity (Wildman–Crippen MR) is 125 cm³/mol. The number of para-hydroxylation sites is 1. The number of hydrogen-bond donors (Lipinski definition) is 2. The standard InChI is InChI=1S/C24H22F3N5O3/c1-31-21(33)16-8-4-7-15(19(24(25,26)27)30-20-17(22(34)35)9-10-28-20)18(16)29-23(31)32-11-13-5-2-3-6-14(13)12-32/h2,4-5,7-9,19H,3,6,10-12H2,1H3,(H,28,30)(H,34,35). The molecule has 182 valence electrons. The molecule has 2 N–H and O–H groups in total. The van der Waals surface area contributed by atoms with Gasteiger partial charge in [-0.1, -0.05) is 24.3 Å². The summed E-state index contributed by atoms with van der Waals surface area (Å²) in [5, 5.41) is 11.6. The first kappa shape index (κ1) is 22.9. The zero-order valence-corrected chi connectivity index (χ0v) is 18.8. The second-order valence-electron chi connectivity index (χ2n) is 8.68. The topological polar surface area (TPSA) is 99.8 Å². The van der Waals surface area contributed by atoms with Crippen molar-refractivity contribution >= 4 is 28.7 Å². The first-order valence-electron chi connectivity index (χ1n) is 11.1. The third-order valence-electron chi connectivity index (χ3n) is 6.48. The van der Waals surface area contributed by atoms with Crippen LogP contribution in [0, 0.1) is 0 Å². The van der Waals surface area contributed by atoms with Crippen LogP contribution in [-0.4, -0.2) is 52.3 Å². The van der Waals surface area contributed by atoms with Crippen molar-refractivity contribution in [2.75, 3.05) is 24.5 Å². The van der Waals surface area contributed by atoms with Gasteiger partial charge < -0.3 is 15.3 Å². The number of benzene rings is 1. The Bertz CT molecular complexity index is 1420. The number of aliphatic carboxylic acids is 1.